The molecule has 3 heterocycles. The lowest BCUT2D eigenvalue weighted by atomic mass is 10.3. The summed E-state index contributed by atoms with van der Waals surface area (Å²) < 4.78 is 1.55. The van der Waals surface area contributed by atoms with E-state index in [1.165, 1.54) is 34.4 Å². The van der Waals surface area contributed by atoms with Crippen molar-refractivity contribution in [2.24, 2.45) is 0 Å². The van der Waals surface area contributed by atoms with E-state index in [-0.39, 0.29) is 22.8 Å². The van der Waals surface area contributed by atoms with Crippen LogP contribution < -0.4 is 5.56 Å². The largest absolute Gasteiger partial charge is 0.506 e. The van der Waals surface area contributed by atoms with Gasteiger partial charge < -0.3 is 10.1 Å². The van der Waals surface area contributed by atoms with Crippen molar-refractivity contribution in [2.75, 3.05) is 5.75 Å². The van der Waals surface area contributed by atoms with Crippen molar-refractivity contribution in [1.29, 1.82) is 5.26 Å². The summed E-state index contributed by atoms with van der Waals surface area (Å²) in [7, 11) is 0. The summed E-state index contributed by atoms with van der Waals surface area (Å²) in [6.45, 7) is 0. The number of nitrogens with one attached hydrogen (secondary N) is 1. The molecule has 0 atom stereocenters. The SMILES string of the molecule is N#Cc1c(SCC(=O)c2ccc(Cl)s2)sc2c(O)cc(=O)[nH]c12. The van der Waals surface area contributed by atoms with Crippen LogP contribution in [0.5, 0.6) is 5.75 Å². The molecule has 3 rings (SSSR count). The summed E-state index contributed by atoms with van der Waals surface area (Å²) in [5.74, 6) is -0.122. The molecule has 0 bridgehead atoms. The zero-order valence-electron chi connectivity index (χ0n) is 11.3. The molecule has 0 saturated carbocycles. The lowest BCUT2D eigenvalue weighted by molar-refractivity contribution is 0.102. The molecule has 3 aromatic rings. The maximum Gasteiger partial charge on any atom is 0.252 e. The molecule has 0 aliphatic carbocycles. The fourth-order valence-electron chi connectivity index (χ4n) is 1.93. The van der Waals surface area contributed by atoms with Crippen LogP contribution in [-0.2, 0) is 0 Å². The van der Waals surface area contributed by atoms with E-state index in [1.54, 1.807) is 12.1 Å². The normalized spacial score (nSPS) is 10.8. The third-order valence-corrected chi connectivity index (χ3v) is 6.67. The second-order valence-electron chi connectivity index (χ2n) is 4.41. The van der Waals surface area contributed by atoms with Crippen LogP contribution in [0.25, 0.3) is 10.2 Å². The predicted octanol–water partition coefficient (Wildman–Crippen LogP) is 3.86. The Morgan fingerprint density at radius 2 is 2.22 bits per heavy atom. The highest BCUT2D eigenvalue weighted by atomic mass is 35.5. The van der Waals surface area contributed by atoms with Crippen LogP contribution in [0.4, 0.5) is 0 Å². The van der Waals surface area contributed by atoms with Crippen molar-refractivity contribution < 1.29 is 9.90 Å². The number of nitriles is 1. The molecule has 3 aromatic heterocycles. The molecule has 23 heavy (non-hydrogen) atoms. The first-order valence-corrected chi connectivity index (χ1v) is 9.19. The number of rotatable bonds is 4. The average molecular weight is 383 g/mol. The standard InChI is InChI=1S/C14H7ClN2O3S3/c15-10-2-1-9(22-10)8(19)5-21-14-6(4-16)12-13(23-14)7(18)3-11(20)17-12/h1-3H,5H2,(H2,17,18,20). The van der Waals surface area contributed by atoms with Gasteiger partial charge in [-0.1, -0.05) is 11.6 Å². The number of ketones is 1. The van der Waals surface area contributed by atoms with E-state index in [1.807, 2.05) is 6.07 Å². The number of aromatic nitrogens is 1. The lowest BCUT2D eigenvalue weighted by Crippen LogP contribution is -2.02. The average Bonchev–Trinajstić information content (AvgIpc) is 3.08. The van der Waals surface area contributed by atoms with Crippen LogP contribution in [0.1, 0.15) is 15.2 Å². The van der Waals surface area contributed by atoms with E-state index in [9.17, 15) is 20.0 Å². The van der Waals surface area contributed by atoms with Gasteiger partial charge in [0.15, 0.2) is 5.78 Å². The summed E-state index contributed by atoms with van der Waals surface area (Å²) >= 11 is 9.39. The highest BCUT2D eigenvalue weighted by molar-refractivity contribution is 8.02. The van der Waals surface area contributed by atoms with E-state index in [4.69, 9.17) is 11.6 Å². The zero-order chi connectivity index (χ0) is 16.6. The van der Waals surface area contributed by atoms with Crippen LogP contribution in [0.3, 0.4) is 0 Å². The zero-order valence-corrected chi connectivity index (χ0v) is 14.5. The Bertz CT molecular complexity index is 1010. The summed E-state index contributed by atoms with van der Waals surface area (Å²) in [5.41, 5.74) is 0.0850. The Hall–Kier alpha value is -1.79. The minimum absolute atomic E-state index is 0.0917. The second kappa shape index (κ2) is 6.37. The number of thioether (sulfide) groups is 1. The Balaban J connectivity index is 1.91. The second-order valence-corrected chi connectivity index (χ2v) is 8.39. The molecule has 0 radical (unpaired) electrons. The smallest absolute Gasteiger partial charge is 0.252 e. The first-order chi connectivity index (χ1) is 11.0. The summed E-state index contributed by atoms with van der Waals surface area (Å²) in [6.07, 6.45) is 0. The molecule has 2 N–H and O–H groups in total. The van der Waals surface area contributed by atoms with Crippen molar-refractivity contribution in [3.05, 3.63) is 43.3 Å². The number of aromatic hydroxyl groups is 1. The Morgan fingerprint density at radius 3 is 2.87 bits per heavy atom. The van der Waals surface area contributed by atoms with Crippen LogP contribution in [0.2, 0.25) is 4.34 Å². The molecule has 9 heteroatoms. The van der Waals surface area contributed by atoms with Gasteiger partial charge in [-0.25, -0.2) is 0 Å². The number of hydrogen-bond donors (Lipinski definition) is 2. The summed E-state index contributed by atoms with van der Waals surface area (Å²) in [4.78, 5) is 26.7. The topological polar surface area (TPSA) is 93.9 Å². The third-order valence-electron chi connectivity index (χ3n) is 2.92. The van der Waals surface area contributed by atoms with Gasteiger partial charge in [0, 0.05) is 6.07 Å². The maximum absolute atomic E-state index is 12.1. The number of H-pyrrole nitrogens is 1. The fraction of sp³-hybridized carbons (Fsp3) is 0.0714. The number of fused-ring (bicyclic) bond motifs is 1. The highest BCUT2D eigenvalue weighted by Crippen LogP contribution is 2.40. The predicted molar refractivity (Wildman–Crippen MR) is 93.2 cm³/mol. The quantitative estimate of drug-likeness (QED) is 0.527. The Kier molecular flexibility index (Phi) is 4.46. The number of halogens is 1. The molecule has 5 nitrogen and oxygen atoms in total. The first kappa shape index (κ1) is 16.1. The Morgan fingerprint density at radius 1 is 1.43 bits per heavy atom. The molecular formula is C14H7ClN2O3S3. The number of carbonyl (C=O) groups is 1. The van der Waals surface area contributed by atoms with E-state index in [2.05, 4.69) is 4.98 Å². The van der Waals surface area contributed by atoms with E-state index < -0.39 is 5.56 Å². The van der Waals surface area contributed by atoms with Crippen LogP contribution in [0, 0.1) is 11.3 Å². The van der Waals surface area contributed by atoms with E-state index >= 15 is 0 Å². The maximum atomic E-state index is 12.1. The molecule has 116 valence electrons. The van der Waals surface area contributed by atoms with Crippen molar-refractivity contribution in [3.63, 3.8) is 0 Å². The number of Topliss-reactive ketones (excluding diaryl/α,β-unsaturated/α-hetero) is 1. The molecule has 0 saturated heterocycles. The summed E-state index contributed by atoms with van der Waals surface area (Å²) in [6, 6.07) is 6.40. The van der Waals surface area contributed by atoms with Crippen LogP contribution >= 0.6 is 46.0 Å². The van der Waals surface area contributed by atoms with Gasteiger partial charge in [-0.05, 0) is 12.1 Å². The summed E-state index contributed by atoms with van der Waals surface area (Å²) in [5, 5.41) is 19.1. The number of carbonyl (C=O) groups excluding carboxylic acids is 1. The van der Waals surface area contributed by atoms with Gasteiger partial charge in [0.1, 0.15) is 17.4 Å². The number of aromatic amines is 1. The number of hydrogen-bond acceptors (Lipinski definition) is 7. The number of pyridine rings is 1. The minimum Gasteiger partial charge on any atom is -0.506 e. The monoisotopic (exact) mass is 382 g/mol. The van der Waals surface area contributed by atoms with Gasteiger partial charge in [-0.3, -0.25) is 9.59 Å². The molecule has 0 aromatic carbocycles. The van der Waals surface area contributed by atoms with Gasteiger partial charge in [-0.2, -0.15) is 5.26 Å². The molecule has 0 spiro atoms. The first-order valence-electron chi connectivity index (χ1n) is 6.20. The molecule has 0 fully saturated rings. The van der Waals surface area contributed by atoms with Crippen molar-refractivity contribution in [3.8, 4) is 11.8 Å². The fourth-order valence-corrected chi connectivity index (χ4v) is 5.23. The van der Waals surface area contributed by atoms with Gasteiger partial charge >= 0.3 is 0 Å². The number of nitrogens with zero attached hydrogens (tertiary/aromatic N) is 1. The molecule has 0 amide bonds. The minimum atomic E-state index is -0.481. The van der Waals surface area contributed by atoms with Gasteiger partial charge in [-0.15, -0.1) is 34.4 Å². The molecule has 0 aliphatic heterocycles. The van der Waals surface area contributed by atoms with Crippen LogP contribution in [-0.4, -0.2) is 21.6 Å². The molecular weight excluding hydrogens is 376 g/mol. The van der Waals surface area contributed by atoms with E-state index in [0.29, 0.717) is 23.6 Å². The lowest BCUT2D eigenvalue weighted by Gasteiger charge is -1.97. The van der Waals surface area contributed by atoms with Gasteiger partial charge in [0.25, 0.3) is 5.56 Å². The van der Waals surface area contributed by atoms with Crippen LogP contribution in [0.15, 0.2) is 27.2 Å². The van der Waals surface area contributed by atoms with Crippen molar-refractivity contribution in [1.82, 2.24) is 4.98 Å². The van der Waals surface area contributed by atoms with E-state index in [0.717, 1.165) is 6.07 Å². The molecule has 0 unspecified atom stereocenters. The highest BCUT2D eigenvalue weighted by Gasteiger charge is 2.18. The van der Waals surface area contributed by atoms with Crippen molar-refractivity contribution >= 4 is 62.0 Å². The third kappa shape index (κ3) is 3.14. The van der Waals surface area contributed by atoms with Crippen molar-refractivity contribution in [2.45, 2.75) is 4.21 Å². The molecule has 0 aliphatic rings. The van der Waals surface area contributed by atoms with Gasteiger partial charge in [0.2, 0.25) is 0 Å². The van der Waals surface area contributed by atoms with Gasteiger partial charge in [0.05, 0.1) is 29.4 Å². The Labute approximate surface area is 147 Å². The number of thiophene rings is 2.